The lowest BCUT2D eigenvalue weighted by Crippen LogP contribution is -2.12. The van der Waals surface area contributed by atoms with E-state index in [1.165, 1.54) is 0 Å². The maximum atomic E-state index is 12.7. The quantitative estimate of drug-likeness (QED) is 0.445. The fourth-order valence-electron chi connectivity index (χ4n) is 3.26. The van der Waals surface area contributed by atoms with Gasteiger partial charge in [-0.3, -0.25) is 4.79 Å². The Morgan fingerprint density at radius 1 is 0.536 bits per heavy atom. The van der Waals surface area contributed by atoms with Crippen molar-refractivity contribution in [1.29, 1.82) is 0 Å². The normalized spacial score (nSPS) is 11.8. The van der Waals surface area contributed by atoms with Crippen LogP contribution in [-0.2, 0) is 0 Å². The number of hydrogen-bond donors (Lipinski definition) is 1. The Labute approximate surface area is 164 Å². The molecule has 4 aromatic rings. The Balaban J connectivity index is 1.51. The molecule has 4 aromatic carbocycles. The van der Waals surface area contributed by atoms with Crippen molar-refractivity contribution in [3.8, 4) is 22.3 Å². The second-order valence-corrected chi connectivity index (χ2v) is 6.70. The molecule has 0 aromatic heterocycles. The van der Waals surface area contributed by atoms with Crippen molar-refractivity contribution in [3.05, 3.63) is 120 Å². The molecule has 0 amide bonds. The Kier molecular flexibility index (Phi) is 5.14. The smallest absolute Gasteiger partial charge is 0.195 e. The Bertz CT molecular complexity index is 1050. The van der Waals surface area contributed by atoms with Crippen molar-refractivity contribution in [2.75, 3.05) is 0 Å². The van der Waals surface area contributed by atoms with Crippen LogP contribution in [0.3, 0.4) is 0 Å². The van der Waals surface area contributed by atoms with E-state index in [0.717, 1.165) is 22.3 Å². The molecule has 0 bridgehead atoms. The number of aliphatic hydroxyl groups excluding tert-OH is 1. The summed E-state index contributed by atoms with van der Waals surface area (Å²) in [6.07, 6.45) is -1.17. The molecule has 1 N–H and O–H groups in total. The third kappa shape index (κ3) is 3.78. The van der Waals surface area contributed by atoms with Gasteiger partial charge in [-0.05, 0) is 27.8 Å². The minimum absolute atomic E-state index is 0.299. The molecular formula is C26H20O2. The molecule has 2 heteroatoms. The van der Waals surface area contributed by atoms with E-state index >= 15 is 0 Å². The molecule has 2 nitrogen and oxygen atoms in total. The van der Waals surface area contributed by atoms with Crippen LogP contribution in [0.4, 0.5) is 0 Å². The highest BCUT2D eigenvalue weighted by Crippen LogP contribution is 2.25. The van der Waals surface area contributed by atoms with Crippen molar-refractivity contribution < 1.29 is 9.90 Å². The summed E-state index contributed by atoms with van der Waals surface area (Å²) in [5, 5.41) is 10.5. The Hall–Kier alpha value is -3.49. The van der Waals surface area contributed by atoms with Gasteiger partial charge in [0, 0.05) is 5.56 Å². The number of carbonyl (C=O) groups is 1. The first-order valence-electron chi connectivity index (χ1n) is 9.25. The van der Waals surface area contributed by atoms with E-state index in [-0.39, 0.29) is 5.78 Å². The highest BCUT2D eigenvalue weighted by Gasteiger charge is 2.19. The Morgan fingerprint density at radius 3 is 1.39 bits per heavy atom. The van der Waals surface area contributed by atoms with Crippen molar-refractivity contribution >= 4 is 5.78 Å². The number of benzene rings is 4. The van der Waals surface area contributed by atoms with E-state index in [9.17, 15) is 9.90 Å². The highest BCUT2D eigenvalue weighted by molar-refractivity contribution is 6.00. The van der Waals surface area contributed by atoms with Gasteiger partial charge in [0.15, 0.2) is 5.78 Å². The van der Waals surface area contributed by atoms with Gasteiger partial charge in [0.1, 0.15) is 6.10 Å². The molecule has 28 heavy (non-hydrogen) atoms. The van der Waals surface area contributed by atoms with E-state index < -0.39 is 6.10 Å². The van der Waals surface area contributed by atoms with E-state index in [1.54, 1.807) is 12.1 Å². The van der Waals surface area contributed by atoms with Gasteiger partial charge in [0.05, 0.1) is 0 Å². The average Bonchev–Trinajstić information content (AvgIpc) is 2.79. The first-order valence-corrected chi connectivity index (χ1v) is 9.25. The van der Waals surface area contributed by atoms with Crippen molar-refractivity contribution in [2.24, 2.45) is 0 Å². The molecule has 0 saturated carbocycles. The van der Waals surface area contributed by atoms with Crippen LogP contribution in [-0.4, -0.2) is 10.9 Å². The molecule has 0 aliphatic carbocycles. The summed E-state index contributed by atoms with van der Waals surface area (Å²) in [6, 6.07) is 34.8. The minimum atomic E-state index is -1.17. The molecule has 0 fully saturated rings. The lowest BCUT2D eigenvalue weighted by atomic mass is 9.96. The predicted molar refractivity (Wildman–Crippen MR) is 113 cm³/mol. The number of carbonyl (C=O) groups excluding carboxylic acids is 1. The van der Waals surface area contributed by atoms with Gasteiger partial charge in [-0.2, -0.15) is 0 Å². The van der Waals surface area contributed by atoms with Gasteiger partial charge in [-0.1, -0.05) is 109 Å². The molecule has 0 heterocycles. The zero-order valence-electron chi connectivity index (χ0n) is 15.3. The van der Waals surface area contributed by atoms with Gasteiger partial charge in [-0.25, -0.2) is 0 Å². The molecule has 0 aliphatic rings. The van der Waals surface area contributed by atoms with E-state index in [4.69, 9.17) is 0 Å². The van der Waals surface area contributed by atoms with Crippen molar-refractivity contribution in [2.45, 2.75) is 6.10 Å². The number of aliphatic hydroxyl groups is 1. The first kappa shape index (κ1) is 17.9. The number of hydrogen-bond acceptors (Lipinski definition) is 2. The van der Waals surface area contributed by atoms with Gasteiger partial charge in [-0.15, -0.1) is 0 Å². The highest BCUT2D eigenvalue weighted by atomic mass is 16.3. The van der Waals surface area contributed by atoms with Crippen LogP contribution in [0.2, 0.25) is 0 Å². The molecule has 0 aliphatic heterocycles. The van der Waals surface area contributed by atoms with Gasteiger partial charge >= 0.3 is 0 Å². The van der Waals surface area contributed by atoms with Crippen LogP contribution in [0, 0.1) is 0 Å². The number of rotatable bonds is 5. The molecule has 136 valence electrons. The third-order valence-corrected chi connectivity index (χ3v) is 4.86. The standard InChI is InChI=1S/C26H20O2/c27-25(23-15-11-21(12-16-23)19-7-3-1-4-8-19)26(28)24-17-13-22(14-18-24)20-9-5-2-6-10-20/h1-18,25,27H/t25-/m0/s1. The summed E-state index contributed by atoms with van der Waals surface area (Å²) in [4.78, 5) is 12.7. The zero-order chi connectivity index (χ0) is 19.3. The largest absolute Gasteiger partial charge is 0.380 e. The van der Waals surface area contributed by atoms with Crippen LogP contribution in [0.15, 0.2) is 109 Å². The van der Waals surface area contributed by atoms with Gasteiger partial charge in [0.25, 0.3) is 0 Å². The second-order valence-electron chi connectivity index (χ2n) is 6.70. The average molecular weight is 364 g/mol. The maximum absolute atomic E-state index is 12.7. The molecular weight excluding hydrogens is 344 g/mol. The lowest BCUT2D eigenvalue weighted by molar-refractivity contribution is 0.0747. The SMILES string of the molecule is O=C(c1ccc(-c2ccccc2)cc1)[C@@H](O)c1ccc(-c2ccccc2)cc1. The lowest BCUT2D eigenvalue weighted by Gasteiger charge is -2.12. The summed E-state index contributed by atoms with van der Waals surface area (Å²) in [7, 11) is 0. The van der Waals surface area contributed by atoms with Crippen molar-refractivity contribution in [3.63, 3.8) is 0 Å². The third-order valence-electron chi connectivity index (χ3n) is 4.86. The monoisotopic (exact) mass is 364 g/mol. The number of ketones is 1. The minimum Gasteiger partial charge on any atom is -0.380 e. The van der Waals surface area contributed by atoms with E-state index in [2.05, 4.69) is 0 Å². The van der Waals surface area contributed by atoms with Gasteiger partial charge < -0.3 is 5.11 Å². The molecule has 0 saturated heterocycles. The van der Waals surface area contributed by atoms with E-state index in [0.29, 0.717) is 11.1 Å². The van der Waals surface area contributed by atoms with Crippen LogP contribution < -0.4 is 0 Å². The fourth-order valence-corrected chi connectivity index (χ4v) is 3.26. The van der Waals surface area contributed by atoms with Crippen LogP contribution >= 0.6 is 0 Å². The van der Waals surface area contributed by atoms with Gasteiger partial charge in [0.2, 0.25) is 0 Å². The molecule has 0 radical (unpaired) electrons. The summed E-state index contributed by atoms with van der Waals surface area (Å²) in [6.45, 7) is 0. The van der Waals surface area contributed by atoms with E-state index in [1.807, 2.05) is 97.1 Å². The zero-order valence-corrected chi connectivity index (χ0v) is 15.3. The summed E-state index contributed by atoms with van der Waals surface area (Å²) >= 11 is 0. The predicted octanol–water partition coefficient (Wildman–Crippen LogP) is 5.94. The molecule has 0 spiro atoms. The fraction of sp³-hybridized carbons (Fsp3) is 0.0385. The summed E-state index contributed by atoms with van der Waals surface area (Å²) < 4.78 is 0. The molecule has 0 unspecified atom stereocenters. The second kappa shape index (κ2) is 8.03. The van der Waals surface area contributed by atoms with Crippen LogP contribution in [0.5, 0.6) is 0 Å². The molecule has 4 rings (SSSR count). The number of Topliss-reactive ketones (excluding diaryl/α,β-unsaturated/α-hetero) is 1. The first-order chi connectivity index (χ1) is 13.7. The summed E-state index contributed by atoms with van der Waals surface area (Å²) in [5.74, 6) is -0.299. The Morgan fingerprint density at radius 2 is 0.929 bits per heavy atom. The van der Waals surface area contributed by atoms with Crippen LogP contribution in [0.1, 0.15) is 22.0 Å². The molecule has 1 atom stereocenters. The maximum Gasteiger partial charge on any atom is 0.195 e. The van der Waals surface area contributed by atoms with Crippen molar-refractivity contribution in [1.82, 2.24) is 0 Å². The van der Waals surface area contributed by atoms with Crippen LogP contribution in [0.25, 0.3) is 22.3 Å². The summed E-state index contributed by atoms with van der Waals surface area (Å²) in [5.41, 5.74) is 5.39. The topological polar surface area (TPSA) is 37.3 Å².